The van der Waals surface area contributed by atoms with Crippen LogP contribution in [0.5, 0.6) is 0 Å². The van der Waals surface area contributed by atoms with Gasteiger partial charge in [-0.2, -0.15) is 0 Å². The molecule has 0 unspecified atom stereocenters. The summed E-state index contributed by atoms with van der Waals surface area (Å²) < 4.78 is 0. The van der Waals surface area contributed by atoms with Gasteiger partial charge >= 0.3 is 0 Å². The van der Waals surface area contributed by atoms with E-state index in [1.807, 2.05) is 0 Å². The van der Waals surface area contributed by atoms with Gasteiger partial charge in [0.15, 0.2) is 0 Å². The summed E-state index contributed by atoms with van der Waals surface area (Å²) in [4.78, 5) is 0. The molecule has 9 rings (SSSR count). The van der Waals surface area contributed by atoms with E-state index in [0.29, 0.717) is 0 Å². The van der Waals surface area contributed by atoms with Crippen molar-refractivity contribution in [1.29, 1.82) is 0 Å². The topological polar surface area (TPSA) is 0 Å². The summed E-state index contributed by atoms with van der Waals surface area (Å²) in [5, 5.41) is 0. The standard InChI is InChI=1S/C22H22.C21H20.C20H18/c1-15-5-7-21(13-17(15)3)19-9-11-20(12-10-19)22-8-6-16(2)18(4)14-22;1-15-4-7-18(8-5-15)19-10-12-20(13-11-19)21-9-6-16(2)17(3)14-21;1-15-3-7-17(8-4-15)19-11-13-20(14-12-19)18-9-5-16(2)6-10-18/h5-14H,1-4H3;4-14H,1-3H3;3-14H,1-2H3. The first-order valence-corrected chi connectivity index (χ1v) is 22.1. The van der Waals surface area contributed by atoms with E-state index in [9.17, 15) is 0 Å². The average molecular weight is 817 g/mol. The van der Waals surface area contributed by atoms with Crippen LogP contribution in [0.4, 0.5) is 0 Å². The molecule has 9 aromatic carbocycles. The molecule has 0 radical (unpaired) electrons. The first kappa shape index (κ1) is 44.0. The number of aryl methyl sites for hydroxylation is 9. The van der Waals surface area contributed by atoms with Crippen molar-refractivity contribution in [2.75, 3.05) is 0 Å². The molecule has 0 amide bonds. The Hall–Kier alpha value is -7.02. The molecule has 0 saturated carbocycles. The predicted octanol–water partition coefficient (Wildman–Crippen LogP) is 17.8. The lowest BCUT2D eigenvalue weighted by Gasteiger charge is -2.08. The molecular formula is C63H60. The lowest BCUT2D eigenvalue weighted by atomic mass is 9.96. The molecule has 0 bridgehead atoms. The minimum atomic E-state index is 1.26. The van der Waals surface area contributed by atoms with Gasteiger partial charge in [0.2, 0.25) is 0 Å². The maximum atomic E-state index is 2.26. The quantitative estimate of drug-likeness (QED) is 0.157. The summed E-state index contributed by atoms with van der Waals surface area (Å²) in [6.45, 7) is 19.3. The molecule has 0 spiro atoms. The van der Waals surface area contributed by atoms with Gasteiger partial charge in [-0.3, -0.25) is 0 Å². The second kappa shape index (κ2) is 20.2. The van der Waals surface area contributed by atoms with Crippen LogP contribution in [0, 0.1) is 62.3 Å². The van der Waals surface area contributed by atoms with E-state index in [0.717, 1.165) is 0 Å². The Balaban J connectivity index is 0.000000142. The highest BCUT2D eigenvalue weighted by atomic mass is 14.1. The van der Waals surface area contributed by atoms with Crippen LogP contribution in [0.2, 0.25) is 0 Å². The third kappa shape index (κ3) is 11.5. The zero-order valence-electron chi connectivity index (χ0n) is 38.6. The third-order valence-corrected chi connectivity index (χ3v) is 12.3. The van der Waals surface area contributed by atoms with Crippen molar-refractivity contribution in [3.8, 4) is 66.8 Å². The van der Waals surface area contributed by atoms with Crippen LogP contribution in [-0.2, 0) is 0 Å². The molecule has 312 valence electrons. The van der Waals surface area contributed by atoms with Crippen LogP contribution >= 0.6 is 0 Å². The van der Waals surface area contributed by atoms with Crippen LogP contribution in [0.25, 0.3) is 66.8 Å². The van der Waals surface area contributed by atoms with Gasteiger partial charge in [0.05, 0.1) is 0 Å². The summed E-state index contributed by atoms with van der Waals surface area (Å²) in [6.07, 6.45) is 0. The highest BCUT2D eigenvalue weighted by Gasteiger charge is 2.05. The molecule has 0 aliphatic rings. The molecule has 0 heteroatoms. The lowest BCUT2D eigenvalue weighted by molar-refractivity contribution is 1.34. The van der Waals surface area contributed by atoms with E-state index in [1.165, 1.54) is 117 Å². The van der Waals surface area contributed by atoms with Gasteiger partial charge in [-0.05, 0) is 162 Å². The van der Waals surface area contributed by atoms with Crippen LogP contribution in [0.3, 0.4) is 0 Å². The van der Waals surface area contributed by atoms with E-state index in [1.54, 1.807) is 0 Å². The van der Waals surface area contributed by atoms with E-state index in [2.05, 4.69) is 263 Å². The van der Waals surface area contributed by atoms with Crippen molar-refractivity contribution < 1.29 is 0 Å². The van der Waals surface area contributed by atoms with E-state index in [-0.39, 0.29) is 0 Å². The zero-order chi connectivity index (χ0) is 44.5. The third-order valence-electron chi connectivity index (χ3n) is 12.3. The van der Waals surface area contributed by atoms with Gasteiger partial charge in [0.1, 0.15) is 0 Å². The second-order valence-corrected chi connectivity index (χ2v) is 17.2. The first-order valence-electron chi connectivity index (χ1n) is 22.1. The molecular weight excluding hydrogens is 757 g/mol. The Morgan fingerprint density at radius 3 is 0.460 bits per heavy atom. The SMILES string of the molecule is Cc1ccc(-c2ccc(-c3ccc(C)c(C)c3)cc2)cc1.Cc1ccc(-c2ccc(-c3ccc(C)c(C)c3)cc2)cc1C.Cc1ccc(-c2ccc(-c3ccc(C)cc3)cc2)cc1. The highest BCUT2D eigenvalue weighted by molar-refractivity contribution is 5.74. The maximum absolute atomic E-state index is 2.26. The van der Waals surface area contributed by atoms with Crippen LogP contribution < -0.4 is 0 Å². The zero-order valence-corrected chi connectivity index (χ0v) is 38.6. The van der Waals surface area contributed by atoms with Gasteiger partial charge in [-0.15, -0.1) is 0 Å². The van der Waals surface area contributed by atoms with Gasteiger partial charge in [0, 0.05) is 0 Å². The van der Waals surface area contributed by atoms with Crippen molar-refractivity contribution in [2.45, 2.75) is 62.3 Å². The van der Waals surface area contributed by atoms with Crippen molar-refractivity contribution in [3.63, 3.8) is 0 Å². The van der Waals surface area contributed by atoms with Gasteiger partial charge < -0.3 is 0 Å². The number of benzene rings is 9. The molecule has 0 nitrogen and oxygen atoms in total. The van der Waals surface area contributed by atoms with E-state index in [4.69, 9.17) is 0 Å². The van der Waals surface area contributed by atoms with Gasteiger partial charge in [0.25, 0.3) is 0 Å². The van der Waals surface area contributed by atoms with Crippen molar-refractivity contribution in [3.05, 3.63) is 250 Å². The summed E-state index contributed by atoms with van der Waals surface area (Å²) in [7, 11) is 0. The largest absolute Gasteiger partial charge is 0.0587 e. The smallest absolute Gasteiger partial charge is 0.0181 e. The van der Waals surface area contributed by atoms with E-state index >= 15 is 0 Å². The normalized spacial score (nSPS) is 10.6. The monoisotopic (exact) mass is 816 g/mol. The molecule has 0 N–H and O–H groups in total. The Labute approximate surface area is 377 Å². The summed E-state index contributed by atoms with van der Waals surface area (Å²) in [6, 6.07) is 72.5. The minimum absolute atomic E-state index is 1.26. The number of rotatable bonds is 6. The molecule has 0 heterocycles. The first-order chi connectivity index (χ1) is 30.4. The Morgan fingerprint density at radius 2 is 0.286 bits per heavy atom. The molecule has 0 fully saturated rings. The van der Waals surface area contributed by atoms with E-state index < -0.39 is 0 Å². The van der Waals surface area contributed by atoms with Gasteiger partial charge in [-0.1, -0.05) is 217 Å². The van der Waals surface area contributed by atoms with Crippen molar-refractivity contribution in [1.82, 2.24) is 0 Å². The molecule has 0 aliphatic heterocycles. The van der Waals surface area contributed by atoms with Crippen LogP contribution in [0.15, 0.2) is 200 Å². The molecule has 9 aromatic rings. The average Bonchev–Trinajstić information content (AvgIpc) is 3.31. The number of hydrogen-bond acceptors (Lipinski definition) is 0. The van der Waals surface area contributed by atoms with Crippen LogP contribution in [-0.4, -0.2) is 0 Å². The Morgan fingerprint density at radius 1 is 0.143 bits per heavy atom. The lowest BCUT2D eigenvalue weighted by Crippen LogP contribution is -1.85. The van der Waals surface area contributed by atoms with Gasteiger partial charge in [-0.25, -0.2) is 0 Å². The Bertz CT molecular complexity index is 2760. The molecule has 0 saturated heterocycles. The molecule has 63 heavy (non-hydrogen) atoms. The minimum Gasteiger partial charge on any atom is -0.0587 e. The summed E-state index contributed by atoms with van der Waals surface area (Å²) >= 11 is 0. The summed E-state index contributed by atoms with van der Waals surface area (Å²) in [5.41, 5.74) is 27.2. The fourth-order valence-electron chi connectivity index (χ4n) is 7.57. The second-order valence-electron chi connectivity index (χ2n) is 17.2. The maximum Gasteiger partial charge on any atom is -0.0181 e. The number of hydrogen-bond donors (Lipinski definition) is 0. The summed E-state index contributed by atoms with van der Waals surface area (Å²) in [5.74, 6) is 0. The molecule has 0 aliphatic carbocycles. The highest BCUT2D eigenvalue weighted by Crippen LogP contribution is 2.29. The van der Waals surface area contributed by atoms with Crippen molar-refractivity contribution in [2.24, 2.45) is 0 Å². The fraction of sp³-hybridized carbons (Fsp3) is 0.143. The fourth-order valence-corrected chi connectivity index (χ4v) is 7.57. The molecule has 0 aromatic heterocycles. The Kier molecular flexibility index (Phi) is 14.1. The van der Waals surface area contributed by atoms with Crippen molar-refractivity contribution >= 4 is 0 Å². The predicted molar refractivity (Wildman–Crippen MR) is 275 cm³/mol. The van der Waals surface area contributed by atoms with Crippen LogP contribution in [0.1, 0.15) is 50.1 Å². The molecule has 0 atom stereocenters.